The first-order valence-corrected chi connectivity index (χ1v) is 8.19. The van der Waals surface area contributed by atoms with Gasteiger partial charge in [0, 0.05) is 31.3 Å². The monoisotopic (exact) mass is 360 g/mol. The first-order chi connectivity index (χ1) is 11.9. The SMILES string of the molecule is COc1ccc(Oc2ccc(/C=C(\C)C(C)NC(C)=O)cn2)c(Cl)c1. The molecule has 0 bridgehead atoms. The molecule has 0 spiro atoms. The molecule has 1 aromatic heterocycles. The van der Waals surface area contributed by atoms with Gasteiger partial charge in [-0.25, -0.2) is 4.98 Å². The van der Waals surface area contributed by atoms with Crippen molar-refractivity contribution >= 4 is 23.6 Å². The Labute approximate surface area is 152 Å². The zero-order valence-corrected chi connectivity index (χ0v) is 15.4. The van der Waals surface area contributed by atoms with E-state index in [9.17, 15) is 4.79 Å². The van der Waals surface area contributed by atoms with Gasteiger partial charge in [0.1, 0.15) is 11.5 Å². The van der Waals surface area contributed by atoms with Gasteiger partial charge >= 0.3 is 0 Å². The number of carbonyl (C=O) groups is 1. The Kier molecular flexibility index (Phi) is 6.42. The Bertz CT molecular complexity index is 773. The molecule has 0 aliphatic carbocycles. The zero-order valence-electron chi connectivity index (χ0n) is 14.7. The Hall–Kier alpha value is -2.53. The molecule has 0 fully saturated rings. The van der Waals surface area contributed by atoms with Crippen LogP contribution in [0.1, 0.15) is 26.3 Å². The van der Waals surface area contributed by atoms with Crippen LogP contribution in [0.4, 0.5) is 0 Å². The van der Waals surface area contributed by atoms with E-state index in [1.165, 1.54) is 6.92 Å². The molecule has 2 aromatic rings. The second-order valence-electron chi connectivity index (χ2n) is 5.64. The fourth-order valence-corrected chi connectivity index (χ4v) is 2.36. The van der Waals surface area contributed by atoms with Crippen molar-refractivity contribution in [3.05, 3.63) is 52.7 Å². The molecule has 1 atom stereocenters. The zero-order chi connectivity index (χ0) is 18.4. The number of rotatable bonds is 6. The van der Waals surface area contributed by atoms with Crippen LogP contribution in [0.3, 0.4) is 0 Å². The fourth-order valence-electron chi connectivity index (χ4n) is 2.15. The predicted octanol–water partition coefficient (Wildman–Crippen LogP) is 4.46. The lowest BCUT2D eigenvalue weighted by Crippen LogP contribution is -2.31. The summed E-state index contributed by atoms with van der Waals surface area (Å²) in [4.78, 5) is 15.4. The van der Waals surface area contributed by atoms with Gasteiger partial charge in [-0.05, 0) is 37.6 Å². The summed E-state index contributed by atoms with van der Waals surface area (Å²) in [6.07, 6.45) is 3.68. The van der Waals surface area contributed by atoms with Crippen LogP contribution in [0.15, 0.2) is 42.1 Å². The van der Waals surface area contributed by atoms with E-state index in [2.05, 4.69) is 10.3 Å². The number of nitrogens with one attached hydrogen (secondary N) is 1. The van der Waals surface area contributed by atoms with E-state index in [1.807, 2.05) is 26.0 Å². The second kappa shape index (κ2) is 8.53. The van der Waals surface area contributed by atoms with Crippen LogP contribution in [0, 0.1) is 0 Å². The van der Waals surface area contributed by atoms with Crippen molar-refractivity contribution in [2.24, 2.45) is 0 Å². The number of nitrogens with zero attached hydrogens (tertiary/aromatic N) is 1. The van der Waals surface area contributed by atoms with Crippen LogP contribution in [-0.4, -0.2) is 24.0 Å². The largest absolute Gasteiger partial charge is 0.497 e. The number of amides is 1. The third-order valence-corrected chi connectivity index (χ3v) is 3.91. The molecule has 1 heterocycles. The predicted molar refractivity (Wildman–Crippen MR) is 99.2 cm³/mol. The highest BCUT2D eigenvalue weighted by atomic mass is 35.5. The van der Waals surface area contributed by atoms with Gasteiger partial charge in [-0.15, -0.1) is 0 Å². The van der Waals surface area contributed by atoms with Gasteiger partial charge in [0.15, 0.2) is 0 Å². The average molecular weight is 361 g/mol. The Morgan fingerprint density at radius 3 is 2.60 bits per heavy atom. The highest BCUT2D eigenvalue weighted by Gasteiger charge is 2.07. The normalized spacial score (nSPS) is 12.4. The number of ether oxygens (including phenoxy) is 2. The highest BCUT2D eigenvalue weighted by molar-refractivity contribution is 6.32. The average Bonchev–Trinajstić information content (AvgIpc) is 2.57. The van der Waals surface area contributed by atoms with Gasteiger partial charge in [0.2, 0.25) is 11.8 Å². The topological polar surface area (TPSA) is 60.5 Å². The minimum absolute atomic E-state index is 0.0356. The summed E-state index contributed by atoms with van der Waals surface area (Å²) in [7, 11) is 1.58. The maximum atomic E-state index is 11.1. The molecule has 2 rings (SSSR count). The van der Waals surface area contributed by atoms with E-state index < -0.39 is 0 Å². The number of halogens is 1. The highest BCUT2D eigenvalue weighted by Crippen LogP contribution is 2.31. The number of aromatic nitrogens is 1. The standard InChI is InChI=1S/C19H21ClN2O3/c1-12(13(2)22-14(3)23)9-15-5-8-19(21-11-15)25-18-7-6-16(24-4)10-17(18)20/h5-11,13H,1-4H3,(H,22,23)/b12-9+. The molecular weight excluding hydrogens is 340 g/mol. The van der Waals surface area contributed by atoms with Crippen LogP contribution >= 0.6 is 11.6 Å². The van der Waals surface area contributed by atoms with Crippen LogP contribution < -0.4 is 14.8 Å². The number of hydrogen-bond donors (Lipinski definition) is 1. The molecule has 1 aromatic carbocycles. The van der Waals surface area contributed by atoms with Gasteiger partial charge in [-0.3, -0.25) is 4.79 Å². The van der Waals surface area contributed by atoms with Crippen LogP contribution in [0.5, 0.6) is 17.4 Å². The Morgan fingerprint density at radius 2 is 2.04 bits per heavy atom. The summed E-state index contributed by atoms with van der Waals surface area (Å²) in [6.45, 7) is 5.40. The van der Waals surface area contributed by atoms with E-state index in [4.69, 9.17) is 21.1 Å². The summed E-state index contributed by atoms with van der Waals surface area (Å²) >= 11 is 6.16. The summed E-state index contributed by atoms with van der Waals surface area (Å²) in [5.41, 5.74) is 1.95. The van der Waals surface area contributed by atoms with Crippen molar-refractivity contribution in [2.75, 3.05) is 7.11 Å². The van der Waals surface area contributed by atoms with E-state index in [-0.39, 0.29) is 11.9 Å². The van der Waals surface area contributed by atoms with Crippen molar-refractivity contribution < 1.29 is 14.3 Å². The van der Waals surface area contributed by atoms with Gasteiger partial charge in [-0.1, -0.05) is 23.3 Å². The molecule has 132 valence electrons. The Balaban J connectivity index is 2.08. The van der Waals surface area contributed by atoms with Crippen LogP contribution in [0.2, 0.25) is 5.02 Å². The van der Waals surface area contributed by atoms with E-state index in [0.717, 1.165) is 11.1 Å². The van der Waals surface area contributed by atoms with Crippen molar-refractivity contribution in [1.29, 1.82) is 0 Å². The third kappa shape index (κ3) is 5.50. The molecule has 1 N–H and O–H groups in total. The summed E-state index contributed by atoms with van der Waals surface area (Å²) in [5.74, 6) is 1.55. The van der Waals surface area contributed by atoms with Gasteiger partial charge in [-0.2, -0.15) is 0 Å². The van der Waals surface area contributed by atoms with E-state index in [1.54, 1.807) is 37.6 Å². The molecule has 1 unspecified atom stereocenters. The lowest BCUT2D eigenvalue weighted by atomic mass is 10.1. The third-order valence-electron chi connectivity index (χ3n) is 3.61. The Morgan fingerprint density at radius 1 is 1.28 bits per heavy atom. The summed E-state index contributed by atoms with van der Waals surface area (Å²) in [5, 5.41) is 3.29. The fraction of sp³-hybridized carbons (Fsp3) is 0.263. The van der Waals surface area contributed by atoms with Crippen molar-refractivity contribution in [2.45, 2.75) is 26.8 Å². The molecule has 1 amide bonds. The maximum absolute atomic E-state index is 11.1. The van der Waals surface area contributed by atoms with Crippen molar-refractivity contribution in [3.63, 3.8) is 0 Å². The first kappa shape index (κ1) is 18.8. The van der Waals surface area contributed by atoms with E-state index >= 15 is 0 Å². The lowest BCUT2D eigenvalue weighted by Gasteiger charge is -2.13. The molecule has 5 nitrogen and oxygen atoms in total. The molecule has 0 aliphatic heterocycles. The number of pyridine rings is 1. The quantitative estimate of drug-likeness (QED) is 0.826. The number of hydrogen-bond acceptors (Lipinski definition) is 4. The minimum atomic E-state index is -0.0570. The number of carbonyl (C=O) groups excluding carboxylic acids is 1. The molecule has 0 saturated carbocycles. The van der Waals surface area contributed by atoms with Crippen molar-refractivity contribution in [3.8, 4) is 17.4 Å². The lowest BCUT2D eigenvalue weighted by molar-refractivity contribution is -0.119. The smallest absolute Gasteiger partial charge is 0.219 e. The molecule has 25 heavy (non-hydrogen) atoms. The maximum Gasteiger partial charge on any atom is 0.219 e. The molecule has 0 radical (unpaired) electrons. The summed E-state index contributed by atoms with van der Waals surface area (Å²) < 4.78 is 10.8. The summed E-state index contributed by atoms with van der Waals surface area (Å²) in [6, 6.07) is 8.81. The van der Waals surface area contributed by atoms with Crippen LogP contribution in [-0.2, 0) is 4.79 Å². The number of benzene rings is 1. The van der Waals surface area contributed by atoms with Crippen LogP contribution in [0.25, 0.3) is 6.08 Å². The van der Waals surface area contributed by atoms with Crippen molar-refractivity contribution in [1.82, 2.24) is 10.3 Å². The molecule has 6 heteroatoms. The molecular formula is C19H21ClN2O3. The first-order valence-electron chi connectivity index (χ1n) is 7.81. The minimum Gasteiger partial charge on any atom is -0.497 e. The number of methoxy groups -OCH3 is 1. The van der Waals surface area contributed by atoms with Gasteiger partial charge in [0.25, 0.3) is 0 Å². The molecule has 0 aliphatic rings. The second-order valence-corrected chi connectivity index (χ2v) is 6.05. The van der Waals surface area contributed by atoms with E-state index in [0.29, 0.717) is 22.4 Å². The van der Waals surface area contributed by atoms with Gasteiger partial charge < -0.3 is 14.8 Å². The van der Waals surface area contributed by atoms with Gasteiger partial charge in [0.05, 0.1) is 12.1 Å². The molecule has 0 saturated heterocycles.